The second-order valence-corrected chi connectivity index (χ2v) is 6.81. The molecule has 28 heavy (non-hydrogen) atoms. The molecule has 0 radical (unpaired) electrons. The molecule has 0 aliphatic carbocycles. The molecule has 1 aliphatic heterocycles. The van der Waals surface area contributed by atoms with Crippen molar-refractivity contribution in [3.05, 3.63) is 60.7 Å². The highest BCUT2D eigenvalue weighted by Gasteiger charge is 2.24. The summed E-state index contributed by atoms with van der Waals surface area (Å²) in [5.41, 5.74) is 1.63. The van der Waals surface area contributed by atoms with Crippen LogP contribution in [0.1, 0.15) is 12.8 Å². The number of piperidine rings is 1. The van der Waals surface area contributed by atoms with E-state index in [4.69, 9.17) is 4.74 Å². The highest BCUT2D eigenvalue weighted by molar-refractivity contribution is 5.84. The van der Waals surface area contributed by atoms with Crippen LogP contribution in [0.4, 0.5) is 10.1 Å². The maximum atomic E-state index is 13.1. The van der Waals surface area contributed by atoms with Gasteiger partial charge in [0, 0.05) is 24.8 Å². The Balaban J connectivity index is 1.35. The van der Waals surface area contributed by atoms with E-state index in [1.165, 1.54) is 18.5 Å². The van der Waals surface area contributed by atoms with Gasteiger partial charge in [0.1, 0.15) is 12.1 Å². The van der Waals surface area contributed by atoms with Gasteiger partial charge in [-0.15, -0.1) is 0 Å². The van der Waals surface area contributed by atoms with Crippen molar-refractivity contribution in [2.24, 2.45) is 0 Å². The lowest BCUT2D eigenvalue weighted by Gasteiger charge is -2.33. The normalized spacial score (nSPS) is 16.8. The number of aromatic nitrogens is 2. The highest BCUT2D eigenvalue weighted by Crippen LogP contribution is 2.21. The lowest BCUT2D eigenvalue weighted by molar-refractivity contribution is -0.134. The largest absolute Gasteiger partial charge is 0.467 e. The monoisotopic (exact) mass is 380 g/mol. The minimum absolute atomic E-state index is 0.0652. The number of hydrogen-bond acceptors (Lipinski definition) is 5. The molecule has 1 fully saturated rings. The molecule has 2 aromatic carbocycles. The Labute approximate surface area is 162 Å². The molecule has 1 amide bonds. The molecule has 4 rings (SSSR count). The molecule has 3 aromatic rings. The van der Waals surface area contributed by atoms with E-state index < -0.39 is 0 Å². The van der Waals surface area contributed by atoms with Crippen LogP contribution in [0.15, 0.2) is 54.9 Å². The number of para-hydroxylation sites is 1. The Morgan fingerprint density at radius 1 is 1.18 bits per heavy atom. The van der Waals surface area contributed by atoms with Gasteiger partial charge in [-0.2, -0.15) is 0 Å². The Kier molecular flexibility index (Phi) is 5.32. The summed E-state index contributed by atoms with van der Waals surface area (Å²) < 4.78 is 18.7. The third-order valence-electron chi connectivity index (χ3n) is 4.83. The van der Waals surface area contributed by atoms with Crippen LogP contribution < -0.4 is 10.1 Å². The fourth-order valence-electron chi connectivity index (χ4n) is 3.42. The topological polar surface area (TPSA) is 67.3 Å². The summed E-state index contributed by atoms with van der Waals surface area (Å²) >= 11 is 0. The van der Waals surface area contributed by atoms with Crippen molar-refractivity contribution in [3.8, 4) is 5.88 Å². The Bertz CT molecular complexity index is 959. The van der Waals surface area contributed by atoms with Crippen molar-refractivity contribution in [3.63, 3.8) is 0 Å². The number of ether oxygens (including phenoxy) is 1. The zero-order chi connectivity index (χ0) is 19.3. The summed E-state index contributed by atoms with van der Waals surface area (Å²) in [5.74, 6) is 0.0747. The van der Waals surface area contributed by atoms with Gasteiger partial charge in [-0.1, -0.05) is 12.1 Å². The zero-order valence-electron chi connectivity index (χ0n) is 15.3. The molecule has 0 bridgehead atoms. The minimum atomic E-state index is -0.264. The summed E-state index contributed by atoms with van der Waals surface area (Å²) in [6.45, 7) is 1.22. The second-order valence-electron chi connectivity index (χ2n) is 6.81. The molecule has 1 saturated heterocycles. The summed E-state index contributed by atoms with van der Waals surface area (Å²) in [6.07, 6.45) is 3.30. The van der Waals surface area contributed by atoms with Crippen molar-refractivity contribution in [1.82, 2.24) is 14.9 Å². The number of nitrogens with zero attached hydrogens (tertiary/aromatic N) is 3. The molecule has 1 N–H and O–H groups in total. The van der Waals surface area contributed by atoms with Gasteiger partial charge in [-0.05, 0) is 49.2 Å². The van der Waals surface area contributed by atoms with Crippen molar-refractivity contribution >= 4 is 22.5 Å². The van der Waals surface area contributed by atoms with Crippen LogP contribution in [0.25, 0.3) is 10.9 Å². The summed E-state index contributed by atoms with van der Waals surface area (Å²) in [6, 6.07) is 13.9. The third-order valence-corrected chi connectivity index (χ3v) is 4.83. The van der Waals surface area contributed by atoms with Gasteiger partial charge < -0.3 is 15.0 Å². The smallest absolute Gasteiger partial charge is 0.260 e. The number of rotatable bonds is 5. The first-order chi connectivity index (χ1) is 13.7. The maximum Gasteiger partial charge on any atom is 0.260 e. The van der Waals surface area contributed by atoms with E-state index in [9.17, 15) is 9.18 Å². The van der Waals surface area contributed by atoms with E-state index in [2.05, 4.69) is 15.3 Å². The van der Waals surface area contributed by atoms with E-state index >= 15 is 0 Å². The van der Waals surface area contributed by atoms with Crippen LogP contribution in [-0.4, -0.2) is 46.5 Å². The van der Waals surface area contributed by atoms with Crippen molar-refractivity contribution in [1.29, 1.82) is 0 Å². The number of halogens is 1. The molecular formula is C21H21FN4O2. The van der Waals surface area contributed by atoms with Gasteiger partial charge in [-0.3, -0.25) is 4.79 Å². The fourth-order valence-corrected chi connectivity index (χ4v) is 3.42. The second kappa shape index (κ2) is 8.21. The van der Waals surface area contributed by atoms with E-state index in [0.717, 1.165) is 29.4 Å². The van der Waals surface area contributed by atoms with Crippen molar-refractivity contribution in [2.45, 2.75) is 18.9 Å². The molecular weight excluding hydrogens is 359 g/mol. The lowest BCUT2D eigenvalue weighted by Crippen LogP contribution is -2.46. The molecule has 1 aliphatic rings. The highest BCUT2D eigenvalue weighted by atomic mass is 19.1. The standard InChI is InChI=1S/C21H21FN4O2/c22-15-7-9-16(10-8-15)25-17-4-3-11-26(12-17)20(27)13-28-21-18-5-1-2-6-19(18)23-14-24-21/h1-2,5-10,14,17,25H,3-4,11-13H2. The first kappa shape index (κ1) is 18.2. The van der Waals surface area contributed by atoms with Crippen LogP contribution in [-0.2, 0) is 4.79 Å². The fraction of sp³-hybridized carbons (Fsp3) is 0.286. The molecule has 1 unspecified atom stereocenters. The van der Waals surface area contributed by atoms with Gasteiger partial charge in [0.15, 0.2) is 6.61 Å². The van der Waals surface area contributed by atoms with Gasteiger partial charge >= 0.3 is 0 Å². The quantitative estimate of drug-likeness (QED) is 0.736. The zero-order valence-corrected chi connectivity index (χ0v) is 15.3. The lowest BCUT2D eigenvalue weighted by atomic mass is 10.1. The van der Waals surface area contributed by atoms with Gasteiger partial charge in [0.05, 0.1) is 10.9 Å². The third kappa shape index (κ3) is 4.19. The summed E-state index contributed by atoms with van der Waals surface area (Å²) in [7, 11) is 0. The van der Waals surface area contributed by atoms with Gasteiger partial charge in [-0.25, -0.2) is 14.4 Å². The Morgan fingerprint density at radius 3 is 2.86 bits per heavy atom. The number of carbonyl (C=O) groups is 1. The maximum absolute atomic E-state index is 13.1. The number of anilines is 1. The number of carbonyl (C=O) groups excluding carboxylic acids is 1. The molecule has 0 spiro atoms. The predicted octanol–water partition coefficient (Wildman–Crippen LogP) is 3.25. The first-order valence-electron chi connectivity index (χ1n) is 9.31. The first-order valence-corrected chi connectivity index (χ1v) is 9.31. The average Bonchev–Trinajstić information content (AvgIpc) is 2.74. The van der Waals surface area contributed by atoms with Gasteiger partial charge in [0.2, 0.25) is 5.88 Å². The number of likely N-dealkylation sites (tertiary alicyclic amines) is 1. The van der Waals surface area contributed by atoms with E-state index in [0.29, 0.717) is 19.0 Å². The summed E-state index contributed by atoms with van der Waals surface area (Å²) in [5, 5.41) is 4.15. The Morgan fingerprint density at radius 2 is 2.00 bits per heavy atom. The van der Waals surface area contributed by atoms with Crippen LogP contribution in [0.3, 0.4) is 0 Å². The molecule has 1 aromatic heterocycles. The van der Waals surface area contributed by atoms with E-state index in [1.807, 2.05) is 24.3 Å². The molecule has 144 valence electrons. The SMILES string of the molecule is O=C(COc1ncnc2ccccc12)N1CCCC(Nc2ccc(F)cc2)C1. The van der Waals surface area contributed by atoms with Crippen LogP contribution >= 0.6 is 0 Å². The summed E-state index contributed by atoms with van der Waals surface area (Å²) in [4.78, 5) is 22.8. The molecule has 2 heterocycles. The van der Waals surface area contributed by atoms with Crippen molar-refractivity contribution < 1.29 is 13.9 Å². The van der Waals surface area contributed by atoms with Crippen LogP contribution in [0.2, 0.25) is 0 Å². The molecule has 6 nitrogen and oxygen atoms in total. The number of hydrogen-bond donors (Lipinski definition) is 1. The van der Waals surface area contributed by atoms with Crippen LogP contribution in [0.5, 0.6) is 5.88 Å². The Hall–Kier alpha value is -3.22. The van der Waals surface area contributed by atoms with Crippen LogP contribution in [0, 0.1) is 5.82 Å². The number of nitrogens with one attached hydrogen (secondary N) is 1. The number of benzene rings is 2. The molecule has 0 saturated carbocycles. The number of amides is 1. The number of fused-ring (bicyclic) bond motifs is 1. The average molecular weight is 380 g/mol. The van der Waals surface area contributed by atoms with E-state index in [1.54, 1.807) is 17.0 Å². The molecule has 7 heteroatoms. The molecule has 1 atom stereocenters. The van der Waals surface area contributed by atoms with E-state index in [-0.39, 0.29) is 24.4 Å². The van der Waals surface area contributed by atoms with Gasteiger partial charge in [0.25, 0.3) is 5.91 Å². The predicted molar refractivity (Wildman–Crippen MR) is 105 cm³/mol. The van der Waals surface area contributed by atoms with Crippen molar-refractivity contribution in [2.75, 3.05) is 25.0 Å². The minimum Gasteiger partial charge on any atom is -0.467 e.